The fourth-order valence-corrected chi connectivity index (χ4v) is 4.72. The fourth-order valence-electron chi connectivity index (χ4n) is 2.38. The highest BCUT2D eigenvalue weighted by Crippen LogP contribution is 2.40. The molecule has 1 aromatic carbocycles. The van der Waals surface area contributed by atoms with Gasteiger partial charge in [-0.3, -0.25) is 4.79 Å². The minimum absolute atomic E-state index is 0.0324. The fraction of sp³-hybridized carbons (Fsp3) is 0.562. The van der Waals surface area contributed by atoms with Crippen molar-refractivity contribution in [1.82, 2.24) is 0 Å². The van der Waals surface area contributed by atoms with Gasteiger partial charge in [-0.05, 0) is 25.0 Å². The highest BCUT2D eigenvalue weighted by Gasteiger charge is 2.34. The Hall–Kier alpha value is -1.31. The summed E-state index contributed by atoms with van der Waals surface area (Å²) >= 11 is 6.05. The monoisotopic (exact) mass is 375 g/mol. The average molecular weight is 376 g/mol. The summed E-state index contributed by atoms with van der Waals surface area (Å²) in [6, 6.07) is 2.76. The van der Waals surface area contributed by atoms with Crippen LogP contribution >= 0.6 is 11.6 Å². The second-order valence-electron chi connectivity index (χ2n) is 6.83. The molecule has 8 heteroatoms. The molecule has 1 aliphatic heterocycles. The van der Waals surface area contributed by atoms with E-state index < -0.39 is 26.3 Å². The molecule has 0 spiro atoms. The van der Waals surface area contributed by atoms with Crippen LogP contribution in [0.5, 0.6) is 5.75 Å². The van der Waals surface area contributed by atoms with Crippen molar-refractivity contribution in [2.24, 2.45) is 5.41 Å². The predicted octanol–water partition coefficient (Wildman–Crippen LogP) is 2.98. The van der Waals surface area contributed by atoms with Crippen molar-refractivity contribution in [3.63, 3.8) is 0 Å². The van der Waals surface area contributed by atoms with E-state index in [0.29, 0.717) is 26.1 Å². The topological polar surface area (TPSA) is 92.7 Å². The molecule has 1 heterocycles. The molecular formula is C16H22ClNO5S. The number of hydrogen-bond acceptors (Lipinski definition) is 5. The Bertz CT molecular complexity index is 734. The third kappa shape index (κ3) is 3.84. The Balaban J connectivity index is 2.43. The molecule has 24 heavy (non-hydrogen) atoms. The molecule has 2 rings (SSSR count). The van der Waals surface area contributed by atoms with Gasteiger partial charge in [-0.25, -0.2) is 8.42 Å². The maximum absolute atomic E-state index is 12.9. The molecule has 134 valence electrons. The van der Waals surface area contributed by atoms with Crippen molar-refractivity contribution in [3.05, 3.63) is 17.2 Å². The average Bonchev–Trinajstić information content (AvgIpc) is 2.50. The number of rotatable bonds is 3. The number of aromatic hydroxyl groups is 1. The summed E-state index contributed by atoms with van der Waals surface area (Å²) in [6.45, 7) is 5.85. The number of benzene rings is 1. The summed E-state index contributed by atoms with van der Waals surface area (Å²) in [5.41, 5.74) is -0.656. The van der Waals surface area contributed by atoms with Crippen molar-refractivity contribution in [1.29, 1.82) is 0 Å². The SMILES string of the molecule is CC(C)(C)C(=O)Nc1ccc(Cl)c(S(=O)(=O)C2CCOCC2)c1O. The molecule has 0 bridgehead atoms. The molecule has 0 atom stereocenters. The smallest absolute Gasteiger partial charge is 0.229 e. The van der Waals surface area contributed by atoms with Gasteiger partial charge in [0.2, 0.25) is 5.91 Å². The van der Waals surface area contributed by atoms with Gasteiger partial charge in [0.05, 0.1) is 16.0 Å². The van der Waals surface area contributed by atoms with Crippen LogP contribution in [0.3, 0.4) is 0 Å². The van der Waals surface area contributed by atoms with Crippen LogP contribution in [0.4, 0.5) is 5.69 Å². The number of nitrogens with one attached hydrogen (secondary N) is 1. The third-order valence-corrected chi connectivity index (χ3v) is 6.66. The molecule has 0 radical (unpaired) electrons. The summed E-state index contributed by atoms with van der Waals surface area (Å²) < 4.78 is 30.9. The minimum Gasteiger partial charge on any atom is -0.504 e. The molecule has 2 N–H and O–H groups in total. The van der Waals surface area contributed by atoms with Gasteiger partial charge in [0, 0.05) is 18.6 Å². The number of hydrogen-bond donors (Lipinski definition) is 2. The van der Waals surface area contributed by atoms with E-state index in [0.717, 1.165) is 0 Å². The Morgan fingerprint density at radius 1 is 1.29 bits per heavy atom. The van der Waals surface area contributed by atoms with Crippen molar-refractivity contribution >= 4 is 33.0 Å². The molecule has 0 aromatic heterocycles. The van der Waals surface area contributed by atoms with Crippen LogP contribution in [-0.4, -0.2) is 37.9 Å². The van der Waals surface area contributed by atoms with Crippen molar-refractivity contribution in [2.75, 3.05) is 18.5 Å². The maximum atomic E-state index is 12.9. The van der Waals surface area contributed by atoms with Gasteiger partial charge in [0.1, 0.15) is 4.90 Å². The van der Waals surface area contributed by atoms with E-state index in [4.69, 9.17) is 16.3 Å². The first-order valence-corrected chi connectivity index (χ1v) is 9.62. The number of carbonyl (C=O) groups excluding carboxylic acids is 1. The van der Waals surface area contributed by atoms with Gasteiger partial charge in [-0.1, -0.05) is 32.4 Å². The van der Waals surface area contributed by atoms with Crippen molar-refractivity contribution in [3.8, 4) is 5.75 Å². The van der Waals surface area contributed by atoms with Gasteiger partial charge in [-0.15, -0.1) is 0 Å². The molecule has 1 amide bonds. The molecule has 1 aromatic rings. The summed E-state index contributed by atoms with van der Waals surface area (Å²) in [6.07, 6.45) is 0.688. The van der Waals surface area contributed by atoms with E-state index >= 15 is 0 Å². The van der Waals surface area contributed by atoms with Gasteiger partial charge < -0.3 is 15.2 Å². The second kappa shape index (κ2) is 6.90. The van der Waals surface area contributed by atoms with Crippen molar-refractivity contribution < 1.29 is 23.1 Å². The number of anilines is 1. The molecule has 0 unspecified atom stereocenters. The van der Waals surface area contributed by atoms with E-state index in [1.165, 1.54) is 12.1 Å². The van der Waals surface area contributed by atoms with E-state index in [1.807, 2.05) is 0 Å². The Morgan fingerprint density at radius 2 is 1.88 bits per heavy atom. The number of ether oxygens (including phenoxy) is 1. The van der Waals surface area contributed by atoms with Crippen LogP contribution in [0.1, 0.15) is 33.6 Å². The summed E-state index contributed by atoms with van der Waals surface area (Å²) in [5.74, 6) is -0.860. The first-order valence-electron chi connectivity index (χ1n) is 7.69. The summed E-state index contributed by atoms with van der Waals surface area (Å²) in [4.78, 5) is 11.8. The number of sulfone groups is 1. The number of phenols is 1. The summed E-state index contributed by atoms with van der Waals surface area (Å²) in [7, 11) is -3.83. The Kier molecular flexibility index (Phi) is 5.47. The first-order chi connectivity index (χ1) is 11.0. The van der Waals surface area contributed by atoms with E-state index in [1.54, 1.807) is 20.8 Å². The zero-order valence-electron chi connectivity index (χ0n) is 13.9. The lowest BCUT2D eigenvalue weighted by Crippen LogP contribution is -2.30. The zero-order chi connectivity index (χ0) is 18.1. The van der Waals surface area contributed by atoms with Crippen LogP contribution in [0, 0.1) is 5.41 Å². The second-order valence-corrected chi connectivity index (χ2v) is 9.41. The van der Waals surface area contributed by atoms with Crippen LogP contribution in [-0.2, 0) is 19.4 Å². The number of halogens is 1. The van der Waals surface area contributed by atoms with Crippen LogP contribution in [0.25, 0.3) is 0 Å². The van der Waals surface area contributed by atoms with Gasteiger partial charge in [0.15, 0.2) is 15.6 Å². The highest BCUT2D eigenvalue weighted by molar-refractivity contribution is 7.92. The lowest BCUT2D eigenvalue weighted by atomic mass is 9.95. The van der Waals surface area contributed by atoms with Crippen molar-refractivity contribution in [2.45, 2.75) is 43.8 Å². The Labute approximate surface area is 147 Å². The quantitative estimate of drug-likeness (QED) is 0.792. The third-order valence-electron chi connectivity index (χ3n) is 3.90. The summed E-state index contributed by atoms with van der Waals surface area (Å²) in [5, 5.41) is 12.3. The molecule has 6 nitrogen and oxygen atoms in total. The molecular weight excluding hydrogens is 354 g/mol. The van der Waals surface area contributed by atoms with E-state index in [-0.39, 0.29) is 21.5 Å². The standard InChI is InChI=1S/C16H22ClNO5S/c1-16(2,3)15(20)18-12-5-4-11(17)14(13(12)19)24(21,22)10-6-8-23-9-7-10/h4-5,10,19H,6-9H2,1-3H3,(H,18,20). The predicted molar refractivity (Wildman–Crippen MR) is 92.2 cm³/mol. The lowest BCUT2D eigenvalue weighted by molar-refractivity contribution is -0.123. The van der Waals surface area contributed by atoms with E-state index in [2.05, 4.69) is 5.32 Å². The molecule has 0 saturated carbocycles. The number of amides is 1. The zero-order valence-corrected chi connectivity index (χ0v) is 15.5. The lowest BCUT2D eigenvalue weighted by Gasteiger charge is -2.24. The normalized spacial score (nSPS) is 16.8. The number of carbonyl (C=O) groups is 1. The van der Waals surface area contributed by atoms with Crippen LogP contribution in [0.15, 0.2) is 17.0 Å². The maximum Gasteiger partial charge on any atom is 0.229 e. The largest absolute Gasteiger partial charge is 0.504 e. The van der Waals surface area contributed by atoms with E-state index in [9.17, 15) is 18.3 Å². The molecule has 1 fully saturated rings. The highest BCUT2D eigenvalue weighted by atomic mass is 35.5. The molecule has 1 saturated heterocycles. The van der Waals surface area contributed by atoms with Gasteiger partial charge in [-0.2, -0.15) is 0 Å². The Morgan fingerprint density at radius 3 is 2.42 bits per heavy atom. The van der Waals surface area contributed by atoms with Crippen LogP contribution in [0.2, 0.25) is 5.02 Å². The number of phenolic OH excluding ortho intramolecular Hbond substituents is 1. The van der Waals surface area contributed by atoms with Crippen LogP contribution < -0.4 is 5.32 Å². The molecule has 1 aliphatic rings. The molecule has 0 aliphatic carbocycles. The first kappa shape index (κ1) is 19.0. The minimum atomic E-state index is -3.83. The van der Waals surface area contributed by atoms with Gasteiger partial charge in [0.25, 0.3) is 0 Å². The van der Waals surface area contributed by atoms with Gasteiger partial charge >= 0.3 is 0 Å².